The van der Waals surface area contributed by atoms with E-state index < -0.39 is 22.7 Å². The van der Waals surface area contributed by atoms with Crippen molar-refractivity contribution in [2.24, 2.45) is 11.3 Å². The maximum Gasteiger partial charge on any atom is 0.417 e. The standard InChI is InChI=1S/C20H19F3N4O2S/c21-20(22,23)16-5-15(2-1-13(16)6-24)26-4-3-14-7-27(10-19(14,9-26)11-28)18(29)17-8-30-12-25-17/h1-2,5,8,12,14,28H,3-4,7,9-11H2/t14-,19+/m1/s1. The first-order valence-corrected chi connectivity index (χ1v) is 10.4. The molecule has 1 N–H and O–H groups in total. The van der Waals surface area contributed by atoms with Gasteiger partial charge in [-0.15, -0.1) is 11.3 Å². The molecule has 1 amide bonds. The highest BCUT2D eigenvalue weighted by Crippen LogP contribution is 2.44. The Morgan fingerprint density at radius 3 is 2.83 bits per heavy atom. The molecule has 0 aliphatic carbocycles. The largest absolute Gasteiger partial charge is 0.417 e. The molecule has 2 aromatic rings. The number of halogens is 3. The zero-order chi connectivity index (χ0) is 21.5. The fraction of sp³-hybridized carbons (Fsp3) is 0.450. The Hall–Kier alpha value is -2.64. The lowest BCUT2D eigenvalue weighted by Gasteiger charge is -2.44. The summed E-state index contributed by atoms with van der Waals surface area (Å²) in [5.41, 5.74) is 0.315. The van der Waals surface area contributed by atoms with Crippen LogP contribution in [0.15, 0.2) is 29.1 Å². The van der Waals surface area contributed by atoms with E-state index >= 15 is 0 Å². The van der Waals surface area contributed by atoms with Crippen molar-refractivity contribution in [3.05, 3.63) is 45.9 Å². The molecule has 2 fully saturated rings. The Balaban J connectivity index is 1.59. The number of aliphatic hydroxyl groups excluding tert-OH is 1. The van der Waals surface area contributed by atoms with Gasteiger partial charge in [-0.25, -0.2) is 4.98 Å². The van der Waals surface area contributed by atoms with Crippen LogP contribution in [0.4, 0.5) is 18.9 Å². The number of carbonyl (C=O) groups is 1. The zero-order valence-corrected chi connectivity index (χ0v) is 16.7. The van der Waals surface area contributed by atoms with Gasteiger partial charge in [-0.05, 0) is 30.5 Å². The molecular formula is C20H19F3N4O2S. The van der Waals surface area contributed by atoms with Crippen molar-refractivity contribution in [1.29, 1.82) is 5.26 Å². The van der Waals surface area contributed by atoms with Crippen LogP contribution in [0.1, 0.15) is 28.0 Å². The number of amides is 1. The smallest absolute Gasteiger partial charge is 0.396 e. The molecule has 3 heterocycles. The minimum atomic E-state index is -4.63. The van der Waals surface area contributed by atoms with Crippen LogP contribution in [-0.4, -0.2) is 53.7 Å². The molecule has 30 heavy (non-hydrogen) atoms. The van der Waals surface area contributed by atoms with Crippen LogP contribution < -0.4 is 4.90 Å². The summed E-state index contributed by atoms with van der Waals surface area (Å²) < 4.78 is 40.1. The van der Waals surface area contributed by atoms with E-state index in [1.54, 1.807) is 26.8 Å². The monoisotopic (exact) mass is 436 g/mol. The lowest BCUT2D eigenvalue weighted by molar-refractivity contribution is -0.137. The minimum absolute atomic E-state index is 0.0572. The highest BCUT2D eigenvalue weighted by Gasteiger charge is 2.51. The number of hydrogen-bond donors (Lipinski definition) is 1. The number of carbonyl (C=O) groups excluding carboxylic acids is 1. The first-order chi connectivity index (χ1) is 14.3. The predicted octanol–water partition coefficient (Wildman–Crippen LogP) is 2.99. The van der Waals surface area contributed by atoms with Crippen molar-refractivity contribution < 1.29 is 23.1 Å². The number of alkyl halides is 3. The van der Waals surface area contributed by atoms with Crippen molar-refractivity contribution in [2.75, 3.05) is 37.7 Å². The van der Waals surface area contributed by atoms with Crippen LogP contribution in [0.2, 0.25) is 0 Å². The normalized spacial score (nSPS) is 23.9. The van der Waals surface area contributed by atoms with Gasteiger partial charge in [0.25, 0.3) is 5.91 Å². The molecule has 4 rings (SSSR count). The summed E-state index contributed by atoms with van der Waals surface area (Å²) >= 11 is 1.33. The Labute approximate surface area is 175 Å². The highest BCUT2D eigenvalue weighted by atomic mass is 32.1. The number of piperidine rings is 1. The molecule has 0 bridgehead atoms. The van der Waals surface area contributed by atoms with Gasteiger partial charge in [0.15, 0.2) is 0 Å². The van der Waals surface area contributed by atoms with E-state index in [-0.39, 0.29) is 18.4 Å². The molecule has 2 atom stereocenters. The quantitative estimate of drug-likeness (QED) is 0.800. The van der Waals surface area contributed by atoms with Crippen LogP contribution in [0, 0.1) is 22.7 Å². The summed E-state index contributed by atoms with van der Waals surface area (Å²) in [7, 11) is 0. The van der Waals surface area contributed by atoms with Gasteiger partial charge in [0.1, 0.15) is 5.69 Å². The van der Waals surface area contributed by atoms with Crippen LogP contribution in [0.3, 0.4) is 0 Å². The van der Waals surface area contributed by atoms with Crippen LogP contribution in [0.5, 0.6) is 0 Å². The number of hydrogen-bond acceptors (Lipinski definition) is 6. The summed E-state index contributed by atoms with van der Waals surface area (Å²) in [5.74, 6) is -0.135. The summed E-state index contributed by atoms with van der Waals surface area (Å²) in [6.07, 6.45) is -3.99. The molecule has 0 unspecified atom stereocenters. The molecule has 0 radical (unpaired) electrons. The second-order valence-electron chi connectivity index (χ2n) is 7.83. The third-order valence-electron chi connectivity index (χ3n) is 6.11. The Kier molecular flexibility index (Phi) is 5.20. The SMILES string of the molecule is N#Cc1ccc(N2CC[C@@H]3CN(C(=O)c4cscn4)C[C@]3(CO)C2)cc1C(F)(F)F. The van der Waals surface area contributed by atoms with Gasteiger partial charge < -0.3 is 14.9 Å². The van der Waals surface area contributed by atoms with E-state index in [0.29, 0.717) is 44.0 Å². The highest BCUT2D eigenvalue weighted by molar-refractivity contribution is 7.07. The first-order valence-electron chi connectivity index (χ1n) is 9.42. The maximum absolute atomic E-state index is 13.4. The molecule has 2 aliphatic rings. The van der Waals surface area contributed by atoms with Crippen molar-refractivity contribution in [3.63, 3.8) is 0 Å². The van der Waals surface area contributed by atoms with Crippen molar-refractivity contribution >= 4 is 22.9 Å². The number of aromatic nitrogens is 1. The number of nitriles is 1. The van der Waals surface area contributed by atoms with Gasteiger partial charge in [0.2, 0.25) is 0 Å². The fourth-order valence-corrected chi connectivity index (χ4v) is 5.05. The molecule has 158 valence electrons. The molecule has 2 aliphatic heterocycles. The van der Waals surface area contributed by atoms with E-state index in [4.69, 9.17) is 5.26 Å². The Morgan fingerprint density at radius 1 is 1.40 bits per heavy atom. The van der Waals surface area contributed by atoms with Crippen molar-refractivity contribution in [2.45, 2.75) is 12.6 Å². The van der Waals surface area contributed by atoms with Crippen LogP contribution >= 0.6 is 11.3 Å². The van der Waals surface area contributed by atoms with Gasteiger partial charge in [0, 0.05) is 42.7 Å². The second kappa shape index (κ2) is 7.56. The van der Waals surface area contributed by atoms with Gasteiger partial charge in [-0.2, -0.15) is 18.4 Å². The summed E-state index contributed by atoms with van der Waals surface area (Å²) in [5, 5.41) is 20.9. The van der Waals surface area contributed by atoms with Gasteiger partial charge in [-0.1, -0.05) is 0 Å². The Morgan fingerprint density at radius 2 is 2.20 bits per heavy atom. The predicted molar refractivity (Wildman–Crippen MR) is 104 cm³/mol. The Bertz CT molecular complexity index is 989. The zero-order valence-electron chi connectivity index (χ0n) is 15.9. The molecule has 10 heteroatoms. The van der Waals surface area contributed by atoms with Gasteiger partial charge >= 0.3 is 6.18 Å². The molecule has 1 aromatic carbocycles. The molecule has 0 spiro atoms. The average Bonchev–Trinajstić information content (AvgIpc) is 3.40. The first kappa shape index (κ1) is 20.6. The molecule has 0 saturated carbocycles. The molecule has 1 aromatic heterocycles. The van der Waals surface area contributed by atoms with Gasteiger partial charge in [0.05, 0.1) is 29.3 Å². The van der Waals surface area contributed by atoms with E-state index in [9.17, 15) is 23.1 Å². The number of aliphatic hydroxyl groups is 1. The number of likely N-dealkylation sites (tertiary alicyclic amines) is 1. The number of nitrogens with zero attached hydrogens (tertiary/aromatic N) is 4. The third-order valence-corrected chi connectivity index (χ3v) is 6.70. The lowest BCUT2D eigenvalue weighted by Crippen LogP contribution is -2.51. The number of rotatable bonds is 3. The number of benzene rings is 1. The van der Waals surface area contributed by atoms with Crippen molar-refractivity contribution in [1.82, 2.24) is 9.88 Å². The van der Waals surface area contributed by atoms with E-state index in [1.165, 1.54) is 23.5 Å². The number of thiazole rings is 1. The maximum atomic E-state index is 13.4. The number of anilines is 1. The van der Waals surface area contributed by atoms with E-state index in [1.807, 2.05) is 0 Å². The lowest BCUT2D eigenvalue weighted by atomic mass is 9.74. The summed E-state index contributed by atoms with van der Waals surface area (Å²) in [6, 6.07) is 5.28. The van der Waals surface area contributed by atoms with E-state index in [0.717, 1.165) is 6.07 Å². The topological polar surface area (TPSA) is 80.5 Å². The minimum Gasteiger partial charge on any atom is -0.396 e. The average molecular weight is 436 g/mol. The fourth-order valence-electron chi connectivity index (χ4n) is 4.53. The molecular weight excluding hydrogens is 417 g/mol. The molecule has 2 saturated heterocycles. The third kappa shape index (κ3) is 3.52. The van der Waals surface area contributed by atoms with Crippen molar-refractivity contribution in [3.8, 4) is 6.07 Å². The summed E-state index contributed by atoms with van der Waals surface area (Å²) in [4.78, 5) is 20.3. The van der Waals surface area contributed by atoms with Crippen LogP contribution in [-0.2, 0) is 6.18 Å². The second-order valence-corrected chi connectivity index (χ2v) is 8.55. The van der Waals surface area contributed by atoms with Gasteiger partial charge in [-0.3, -0.25) is 4.79 Å². The summed E-state index contributed by atoms with van der Waals surface area (Å²) in [6.45, 7) is 1.49. The molecule has 6 nitrogen and oxygen atoms in total. The number of fused-ring (bicyclic) bond motifs is 1. The van der Waals surface area contributed by atoms with Crippen LogP contribution in [0.25, 0.3) is 0 Å². The van der Waals surface area contributed by atoms with E-state index in [2.05, 4.69) is 4.98 Å².